The minimum Gasteiger partial charge on any atom is -0.493 e. The fraction of sp³-hybridized carbons (Fsp3) is 0.357. The Labute approximate surface area is 112 Å². The van der Waals surface area contributed by atoms with E-state index < -0.39 is 0 Å². The van der Waals surface area contributed by atoms with Gasteiger partial charge in [-0.3, -0.25) is 0 Å². The van der Waals surface area contributed by atoms with Gasteiger partial charge in [0.1, 0.15) is 10.8 Å². The monoisotopic (exact) mass is 262 g/mol. The molecule has 1 heterocycles. The van der Waals surface area contributed by atoms with Crippen molar-refractivity contribution in [3.05, 3.63) is 45.4 Å². The van der Waals surface area contributed by atoms with Crippen molar-refractivity contribution in [2.24, 2.45) is 5.73 Å². The molecule has 0 saturated carbocycles. The van der Waals surface area contributed by atoms with E-state index in [-0.39, 0.29) is 0 Å². The van der Waals surface area contributed by atoms with Crippen LogP contribution in [0, 0.1) is 13.8 Å². The van der Waals surface area contributed by atoms with Gasteiger partial charge < -0.3 is 10.5 Å². The number of hydrogen-bond acceptors (Lipinski definition) is 4. The maximum atomic E-state index is 5.80. The third-order valence-corrected chi connectivity index (χ3v) is 3.65. The smallest absolute Gasteiger partial charge is 0.122 e. The summed E-state index contributed by atoms with van der Waals surface area (Å²) in [7, 11) is 0. The van der Waals surface area contributed by atoms with Crippen LogP contribution >= 0.6 is 11.3 Å². The van der Waals surface area contributed by atoms with Crippen molar-refractivity contribution in [1.82, 2.24) is 4.98 Å². The Hall–Kier alpha value is -1.39. The van der Waals surface area contributed by atoms with Gasteiger partial charge in [0.25, 0.3) is 0 Å². The SMILES string of the molecule is Cc1ccc(C)c(OCCc2csc(CN)n2)c1. The molecule has 2 aromatic rings. The van der Waals surface area contributed by atoms with Gasteiger partial charge in [-0.05, 0) is 31.0 Å². The van der Waals surface area contributed by atoms with Crippen molar-refractivity contribution in [2.45, 2.75) is 26.8 Å². The van der Waals surface area contributed by atoms with Gasteiger partial charge in [-0.1, -0.05) is 12.1 Å². The quantitative estimate of drug-likeness (QED) is 0.901. The normalized spacial score (nSPS) is 10.6. The number of thiazole rings is 1. The first-order valence-corrected chi connectivity index (χ1v) is 6.90. The van der Waals surface area contributed by atoms with Gasteiger partial charge >= 0.3 is 0 Å². The highest BCUT2D eigenvalue weighted by atomic mass is 32.1. The molecule has 0 bridgehead atoms. The van der Waals surface area contributed by atoms with Crippen molar-refractivity contribution in [3.63, 3.8) is 0 Å². The third-order valence-electron chi connectivity index (χ3n) is 2.73. The molecular formula is C14H18N2OS. The molecule has 1 aromatic heterocycles. The van der Waals surface area contributed by atoms with E-state index in [1.54, 1.807) is 11.3 Å². The van der Waals surface area contributed by atoms with E-state index in [0.29, 0.717) is 13.2 Å². The molecule has 96 valence electrons. The Kier molecular flexibility index (Phi) is 4.33. The highest BCUT2D eigenvalue weighted by molar-refractivity contribution is 7.09. The van der Waals surface area contributed by atoms with Crippen molar-refractivity contribution in [2.75, 3.05) is 6.61 Å². The van der Waals surface area contributed by atoms with Gasteiger partial charge in [-0.2, -0.15) is 0 Å². The van der Waals surface area contributed by atoms with Crippen LogP contribution in [-0.4, -0.2) is 11.6 Å². The van der Waals surface area contributed by atoms with Crippen molar-refractivity contribution >= 4 is 11.3 Å². The minimum absolute atomic E-state index is 0.516. The van der Waals surface area contributed by atoms with E-state index >= 15 is 0 Å². The Bertz CT molecular complexity index is 522. The Balaban J connectivity index is 1.90. The lowest BCUT2D eigenvalue weighted by Gasteiger charge is -2.09. The minimum atomic E-state index is 0.516. The van der Waals surface area contributed by atoms with Gasteiger partial charge in [-0.25, -0.2) is 4.98 Å². The second-order valence-electron chi connectivity index (χ2n) is 4.30. The van der Waals surface area contributed by atoms with E-state index in [2.05, 4.69) is 42.4 Å². The summed E-state index contributed by atoms with van der Waals surface area (Å²) in [4.78, 5) is 4.41. The predicted molar refractivity (Wildman–Crippen MR) is 75.1 cm³/mol. The molecule has 18 heavy (non-hydrogen) atoms. The number of aryl methyl sites for hydroxylation is 2. The van der Waals surface area contributed by atoms with E-state index in [4.69, 9.17) is 10.5 Å². The molecule has 3 nitrogen and oxygen atoms in total. The molecule has 0 amide bonds. The zero-order valence-corrected chi connectivity index (χ0v) is 11.6. The molecule has 2 N–H and O–H groups in total. The molecule has 0 spiro atoms. The molecule has 0 aliphatic heterocycles. The summed E-state index contributed by atoms with van der Waals surface area (Å²) in [5.74, 6) is 0.962. The van der Waals surface area contributed by atoms with Crippen LogP contribution in [0.2, 0.25) is 0 Å². The summed E-state index contributed by atoms with van der Waals surface area (Å²) in [6.45, 7) is 5.30. The van der Waals surface area contributed by atoms with Crippen molar-refractivity contribution in [3.8, 4) is 5.75 Å². The van der Waals surface area contributed by atoms with Crippen LogP contribution in [0.25, 0.3) is 0 Å². The van der Waals surface area contributed by atoms with Crippen LogP contribution in [0.3, 0.4) is 0 Å². The molecule has 4 heteroatoms. The van der Waals surface area contributed by atoms with Crippen LogP contribution in [0.1, 0.15) is 21.8 Å². The van der Waals surface area contributed by atoms with E-state index in [0.717, 1.165) is 22.9 Å². The number of benzene rings is 1. The second-order valence-corrected chi connectivity index (χ2v) is 5.25. The fourth-order valence-corrected chi connectivity index (χ4v) is 2.39. The molecule has 0 atom stereocenters. The Morgan fingerprint density at radius 1 is 1.33 bits per heavy atom. The zero-order valence-electron chi connectivity index (χ0n) is 10.8. The summed E-state index contributed by atoms with van der Waals surface area (Å²) in [5, 5.41) is 3.03. The maximum Gasteiger partial charge on any atom is 0.122 e. The number of ether oxygens (including phenoxy) is 1. The summed E-state index contributed by atoms with van der Waals surface area (Å²) in [5.41, 5.74) is 8.98. The molecule has 0 saturated heterocycles. The highest BCUT2D eigenvalue weighted by Gasteiger charge is 2.03. The number of rotatable bonds is 5. The van der Waals surface area contributed by atoms with E-state index in [1.165, 1.54) is 11.1 Å². The zero-order chi connectivity index (χ0) is 13.0. The lowest BCUT2D eigenvalue weighted by atomic mass is 10.1. The Morgan fingerprint density at radius 2 is 2.17 bits per heavy atom. The largest absolute Gasteiger partial charge is 0.493 e. The van der Waals surface area contributed by atoms with Crippen molar-refractivity contribution < 1.29 is 4.74 Å². The molecule has 0 unspecified atom stereocenters. The lowest BCUT2D eigenvalue weighted by molar-refractivity contribution is 0.318. The fourth-order valence-electron chi connectivity index (χ4n) is 1.69. The van der Waals surface area contributed by atoms with Gasteiger partial charge in [0.2, 0.25) is 0 Å². The van der Waals surface area contributed by atoms with Gasteiger partial charge in [0.15, 0.2) is 0 Å². The van der Waals surface area contributed by atoms with Gasteiger partial charge in [-0.15, -0.1) is 11.3 Å². The maximum absolute atomic E-state index is 5.80. The summed E-state index contributed by atoms with van der Waals surface area (Å²) in [6.07, 6.45) is 0.823. The molecule has 0 fully saturated rings. The molecule has 1 aromatic carbocycles. The first-order chi connectivity index (χ1) is 8.69. The van der Waals surface area contributed by atoms with Crippen LogP contribution in [0.5, 0.6) is 5.75 Å². The molecule has 0 aliphatic rings. The first-order valence-electron chi connectivity index (χ1n) is 6.02. The number of nitrogens with zero attached hydrogens (tertiary/aromatic N) is 1. The average Bonchev–Trinajstić information content (AvgIpc) is 2.81. The summed E-state index contributed by atoms with van der Waals surface area (Å²) >= 11 is 1.61. The highest BCUT2D eigenvalue weighted by Crippen LogP contribution is 2.19. The predicted octanol–water partition coefficient (Wildman–Crippen LogP) is 2.84. The van der Waals surface area contributed by atoms with Gasteiger partial charge in [0.05, 0.1) is 12.3 Å². The van der Waals surface area contributed by atoms with Crippen LogP contribution in [-0.2, 0) is 13.0 Å². The van der Waals surface area contributed by atoms with Crippen LogP contribution in [0.15, 0.2) is 23.6 Å². The topological polar surface area (TPSA) is 48.1 Å². The molecular weight excluding hydrogens is 244 g/mol. The second kappa shape index (κ2) is 5.98. The molecule has 0 radical (unpaired) electrons. The van der Waals surface area contributed by atoms with E-state index in [1.807, 2.05) is 0 Å². The molecule has 2 rings (SSSR count). The number of aromatic nitrogens is 1. The van der Waals surface area contributed by atoms with Crippen molar-refractivity contribution in [1.29, 1.82) is 0 Å². The molecule has 0 aliphatic carbocycles. The lowest BCUT2D eigenvalue weighted by Crippen LogP contribution is -2.03. The van der Waals surface area contributed by atoms with Gasteiger partial charge in [0, 0.05) is 18.3 Å². The number of hydrogen-bond donors (Lipinski definition) is 1. The van der Waals surface area contributed by atoms with E-state index in [9.17, 15) is 0 Å². The summed E-state index contributed by atoms with van der Waals surface area (Å²) < 4.78 is 5.80. The standard InChI is InChI=1S/C14H18N2OS/c1-10-3-4-11(2)13(7-10)17-6-5-12-9-18-14(8-15)16-12/h3-4,7,9H,5-6,8,15H2,1-2H3. The first kappa shape index (κ1) is 13.1. The Morgan fingerprint density at radius 3 is 2.89 bits per heavy atom. The third kappa shape index (κ3) is 3.31. The summed E-state index contributed by atoms with van der Waals surface area (Å²) in [6, 6.07) is 6.25. The number of nitrogens with two attached hydrogens (primary N) is 1. The van der Waals surface area contributed by atoms with Crippen LogP contribution < -0.4 is 10.5 Å². The average molecular weight is 262 g/mol. The van der Waals surface area contributed by atoms with Crippen LogP contribution in [0.4, 0.5) is 0 Å².